The molecule has 0 radical (unpaired) electrons. The fourth-order valence-corrected chi connectivity index (χ4v) is 5.13. The summed E-state index contributed by atoms with van der Waals surface area (Å²) in [6.45, 7) is 9.10. The summed E-state index contributed by atoms with van der Waals surface area (Å²) in [5.41, 5.74) is 3.51. The predicted molar refractivity (Wildman–Crippen MR) is 116 cm³/mol. The fraction of sp³-hybridized carbons (Fsp3) is 0.500. The molecule has 1 aliphatic rings. The first kappa shape index (κ1) is 21.3. The van der Waals surface area contributed by atoms with Gasteiger partial charge in [0.15, 0.2) is 0 Å². The second kappa shape index (κ2) is 9.39. The van der Waals surface area contributed by atoms with Crippen LogP contribution < -0.4 is 5.32 Å². The molecule has 0 spiro atoms. The standard InChI is InChI=1S/C22H29N3O3S/c1-5-15-8-10-17-18(12-15)29-21(20(17)22(27)28-7-3)24-19(26)11-9-16-13-23-25(6-2)14(16)4/h9,11,13,15H,5-8,10,12H2,1-4H3,(H,24,26)/b11-9-/t15-/m1/s1. The molecule has 0 fully saturated rings. The summed E-state index contributed by atoms with van der Waals surface area (Å²) in [5, 5.41) is 7.80. The maximum atomic E-state index is 12.6. The Morgan fingerprint density at radius 1 is 1.38 bits per heavy atom. The number of nitrogens with one attached hydrogen (secondary N) is 1. The van der Waals surface area contributed by atoms with Gasteiger partial charge in [-0.1, -0.05) is 13.3 Å². The van der Waals surface area contributed by atoms with Crippen molar-refractivity contribution in [2.45, 2.75) is 59.9 Å². The van der Waals surface area contributed by atoms with Crippen LogP contribution in [-0.2, 0) is 28.9 Å². The summed E-state index contributed by atoms with van der Waals surface area (Å²) in [7, 11) is 0. The van der Waals surface area contributed by atoms with E-state index in [0.717, 1.165) is 49.0 Å². The van der Waals surface area contributed by atoms with Crippen LogP contribution in [0.25, 0.3) is 6.08 Å². The number of fused-ring (bicyclic) bond motifs is 1. The maximum absolute atomic E-state index is 12.6. The largest absolute Gasteiger partial charge is 0.462 e. The number of carbonyl (C=O) groups excluding carboxylic acids is 2. The number of ether oxygens (including phenoxy) is 1. The first-order valence-corrected chi connectivity index (χ1v) is 11.1. The molecular weight excluding hydrogens is 386 g/mol. The number of nitrogens with zero attached hydrogens (tertiary/aromatic N) is 2. The van der Waals surface area contributed by atoms with Gasteiger partial charge in [0.1, 0.15) is 5.00 Å². The second-order valence-electron chi connectivity index (χ2n) is 7.27. The first-order valence-electron chi connectivity index (χ1n) is 10.3. The van der Waals surface area contributed by atoms with E-state index < -0.39 is 0 Å². The zero-order valence-electron chi connectivity index (χ0n) is 17.6. The molecule has 0 unspecified atom stereocenters. The highest BCUT2D eigenvalue weighted by atomic mass is 32.1. The Labute approximate surface area is 176 Å². The minimum atomic E-state index is -0.348. The lowest BCUT2D eigenvalue weighted by molar-refractivity contribution is -0.111. The third kappa shape index (κ3) is 4.61. The Kier molecular flexibility index (Phi) is 6.90. The number of amides is 1. The molecule has 0 aliphatic heterocycles. The highest BCUT2D eigenvalue weighted by molar-refractivity contribution is 7.17. The van der Waals surface area contributed by atoms with Crippen LogP contribution in [0.3, 0.4) is 0 Å². The van der Waals surface area contributed by atoms with Gasteiger partial charge in [0.05, 0.1) is 18.4 Å². The Balaban J connectivity index is 1.82. The van der Waals surface area contributed by atoms with Crippen molar-refractivity contribution in [1.29, 1.82) is 0 Å². The number of esters is 1. The molecule has 0 saturated heterocycles. The van der Waals surface area contributed by atoms with E-state index in [0.29, 0.717) is 23.1 Å². The van der Waals surface area contributed by atoms with E-state index in [1.54, 1.807) is 19.2 Å². The topological polar surface area (TPSA) is 73.2 Å². The van der Waals surface area contributed by atoms with Crippen LogP contribution in [0.5, 0.6) is 0 Å². The molecule has 2 aromatic rings. The summed E-state index contributed by atoms with van der Waals surface area (Å²) in [5.74, 6) is 0.0295. The number of anilines is 1. The molecule has 1 atom stereocenters. The number of aryl methyl sites for hydroxylation is 1. The van der Waals surface area contributed by atoms with E-state index in [4.69, 9.17) is 4.74 Å². The summed E-state index contributed by atoms with van der Waals surface area (Å²) in [6, 6.07) is 0. The van der Waals surface area contributed by atoms with Crippen LogP contribution in [0.1, 0.15) is 65.7 Å². The number of hydrogen-bond donors (Lipinski definition) is 1. The van der Waals surface area contributed by atoms with E-state index >= 15 is 0 Å². The van der Waals surface area contributed by atoms with Crippen molar-refractivity contribution in [2.24, 2.45) is 5.92 Å². The molecule has 2 heterocycles. The van der Waals surface area contributed by atoms with E-state index in [-0.39, 0.29) is 11.9 Å². The molecular formula is C22H29N3O3S. The lowest BCUT2D eigenvalue weighted by Gasteiger charge is -2.20. The van der Waals surface area contributed by atoms with Crippen molar-refractivity contribution >= 4 is 34.3 Å². The zero-order chi connectivity index (χ0) is 21.0. The molecule has 3 rings (SSSR count). The lowest BCUT2D eigenvalue weighted by atomic mass is 9.85. The summed E-state index contributed by atoms with van der Waals surface area (Å²) >= 11 is 1.51. The van der Waals surface area contributed by atoms with Gasteiger partial charge < -0.3 is 10.1 Å². The van der Waals surface area contributed by atoms with E-state index in [9.17, 15) is 9.59 Å². The lowest BCUT2D eigenvalue weighted by Crippen LogP contribution is -2.16. The normalized spacial score (nSPS) is 16.1. The average Bonchev–Trinajstić information content (AvgIpc) is 3.25. The van der Waals surface area contributed by atoms with Gasteiger partial charge in [-0.3, -0.25) is 9.48 Å². The monoisotopic (exact) mass is 415 g/mol. The number of aromatic nitrogens is 2. The Hall–Kier alpha value is -2.41. The van der Waals surface area contributed by atoms with Crippen LogP contribution in [0, 0.1) is 12.8 Å². The molecule has 0 saturated carbocycles. The molecule has 2 aromatic heterocycles. The quantitative estimate of drug-likeness (QED) is 0.529. The van der Waals surface area contributed by atoms with Gasteiger partial charge in [-0.15, -0.1) is 11.3 Å². The second-order valence-corrected chi connectivity index (χ2v) is 8.37. The average molecular weight is 416 g/mol. The summed E-state index contributed by atoms with van der Waals surface area (Å²) < 4.78 is 7.16. The van der Waals surface area contributed by atoms with Gasteiger partial charge >= 0.3 is 5.97 Å². The Morgan fingerprint density at radius 3 is 2.83 bits per heavy atom. The molecule has 7 heteroatoms. The minimum Gasteiger partial charge on any atom is -0.462 e. The number of thiophene rings is 1. The molecule has 29 heavy (non-hydrogen) atoms. The van der Waals surface area contributed by atoms with Crippen LogP contribution in [0.4, 0.5) is 5.00 Å². The van der Waals surface area contributed by atoms with Crippen LogP contribution in [0.2, 0.25) is 0 Å². The van der Waals surface area contributed by atoms with Gasteiger partial charge in [-0.05, 0) is 57.6 Å². The first-order chi connectivity index (χ1) is 14.0. The SMILES string of the molecule is CCOC(=O)c1c(NC(=O)/C=C\c2cnn(CC)c2C)sc2c1CC[C@@H](CC)C2. The zero-order valence-corrected chi connectivity index (χ0v) is 18.4. The molecule has 6 nitrogen and oxygen atoms in total. The Morgan fingerprint density at radius 2 is 2.17 bits per heavy atom. The number of carbonyl (C=O) groups is 2. The van der Waals surface area contributed by atoms with Crippen molar-refractivity contribution in [3.8, 4) is 0 Å². The van der Waals surface area contributed by atoms with Crippen molar-refractivity contribution in [2.75, 3.05) is 11.9 Å². The van der Waals surface area contributed by atoms with Crippen molar-refractivity contribution in [3.63, 3.8) is 0 Å². The van der Waals surface area contributed by atoms with E-state index in [1.807, 2.05) is 18.5 Å². The fourth-order valence-electron chi connectivity index (χ4n) is 3.77. The van der Waals surface area contributed by atoms with E-state index in [1.165, 1.54) is 22.3 Å². The van der Waals surface area contributed by atoms with Crippen molar-refractivity contribution in [3.05, 3.63) is 39.5 Å². The molecule has 1 aliphatic carbocycles. The third-order valence-corrected chi connectivity index (χ3v) is 6.69. The van der Waals surface area contributed by atoms with Gasteiger partial charge in [-0.2, -0.15) is 5.10 Å². The smallest absolute Gasteiger partial charge is 0.341 e. The molecule has 0 bridgehead atoms. The molecule has 0 aromatic carbocycles. The maximum Gasteiger partial charge on any atom is 0.341 e. The Bertz CT molecular complexity index is 926. The predicted octanol–water partition coefficient (Wildman–Crippen LogP) is 4.62. The van der Waals surface area contributed by atoms with Gasteiger partial charge in [-0.25, -0.2) is 4.79 Å². The third-order valence-electron chi connectivity index (χ3n) is 5.52. The molecule has 1 amide bonds. The van der Waals surface area contributed by atoms with Gasteiger partial charge in [0.2, 0.25) is 5.91 Å². The highest BCUT2D eigenvalue weighted by Crippen LogP contribution is 2.40. The van der Waals surface area contributed by atoms with Crippen LogP contribution in [0.15, 0.2) is 12.3 Å². The van der Waals surface area contributed by atoms with E-state index in [2.05, 4.69) is 17.3 Å². The summed E-state index contributed by atoms with van der Waals surface area (Å²) in [4.78, 5) is 26.4. The van der Waals surface area contributed by atoms with Gasteiger partial charge in [0.25, 0.3) is 0 Å². The molecule has 1 N–H and O–H groups in total. The number of hydrogen-bond acceptors (Lipinski definition) is 5. The molecule has 156 valence electrons. The van der Waals surface area contributed by atoms with Crippen LogP contribution in [-0.4, -0.2) is 28.3 Å². The summed E-state index contributed by atoms with van der Waals surface area (Å²) in [6.07, 6.45) is 9.02. The minimum absolute atomic E-state index is 0.259. The van der Waals surface area contributed by atoms with Crippen molar-refractivity contribution in [1.82, 2.24) is 9.78 Å². The highest BCUT2D eigenvalue weighted by Gasteiger charge is 2.29. The van der Waals surface area contributed by atoms with Gasteiger partial charge in [0, 0.05) is 28.8 Å². The number of rotatable bonds is 7. The van der Waals surface area contributed by atoms with Crippen molar-refractivity contribution < 1.29 is 14.3 Å². The van der Waals surface area contributed by atoms with Crippen LogP contribution >= 0.6 is 11.3 Å².